The van der Waals surface area contributed by atoms with Crippen LogP contribution >= 0.6 is 27.7 Å². The molecule has 0 saturated carbocycles. The van der Waals surface area contributed by atoms with E-state index < -0.39 is 10.7 Å². The van der Waals surface area contributed by atoms with Gasteiger partial charge in [0.1, 0.15) is 11.5 Å². The predicted molar refractivity (Wildman–Crippen MR) is 81.5 cm³/mol. The summed E-state index contributed by atoms with van der Waals surface area (Å²) in [7, 11) is 0. The van der Waals surface area contributed by atoms with Crippen molar-refractivity contribution in [3.8, 4) is 0 Å². The topological polar surface area (TPSA) is 55.2 Å². The fourth-order valence-electron chi connectivity index (χ4n) is 1.55. The van der Waals surface area contributed by atoms with Crippen LogP contribution < -0.4 is 5.32 Å². The fraction of sp³-hybridized carbons (Fsp3) is 0.500. The number of hydrogen-bond donors (Lipinski definition) is 1. The lowest BCUT2D eigenvalue weighted by atomic mass is 10.2. The van der Waals surface area contributed by atoms with E-state index in [2.05, 4.69) is 28.2 Å². The van der Waals surface area contributed by atoms with Crippen LogP contribution in [-0.4, -0.2) is 22.5 Å². The maximum absolute atomic E-state index is 13.5. The molecule has 1 atom stereocenters. The van der Waals surface area contributed by atoms with Gasteiger partial charge in [-0.25, -0.2) is 4.39 Å². The molecule has 7 heteroatoms. The first kappa shape index (κ1) is 16.2. The lowest BCUT2D eigenvalue weighted by Crippen LogP contribution is -2.17. The zero-order valence-electron chi connectivity index (χ0n) is 10.8. The molecular formula is C12H16BrFN2O2S. The Balaban J connectivity index is 2.81. The largest absolute Gasteiger partial charge is 0.377 e. The monoisotopic (exact) mass is 350 g/mol. The Morgan fingerprint density at radius 3 is 2.84 bits per heavy atom. The van der Waals surface area contributed by atoms with Crippen LogP contribution in [0, 0.1) is 15.9 Å². The van der Waals surface area contributed by atoms with E-state index in [9.17, 15) is 14.5 Å². The van der Waals surface area contributed by atoms with Crippen LogP contribution in [0.4, 0.5) is 15.8 Å². The number of benzene rings is 1. The van der Waals surface area contributed by atoms with Crippen LogP contribution in [-0.2, 0) is 0 Å². The van der Waals surface area contributed by atoms with Gasteiger partial charge >= 0.3 is 0 Å². The van der Waals surface area contributed by atoms with Gasteiger partial charge in [0.05, 0.1) is 9.40 Å². The van der Waals surface area contributed by atoms with Gasteiger partial charge < -0.3 is 5.32 Å². The lowest BCUT2D eigenvalue weighted by molar-refractivity contribution is -0.384. The van der Waals surface area contributed by atoms with Crippen molar-refractivity contribution in [2.24, 2.45) is 0 Å². The molecule has 0 bridgehead atoms. The van der Waals surface area contributed by atoms with Crippen molar-refractivity contribution < 1.29 is 9.31 Å². The second-order valence-electron chi connectivity index (χ2n) is 4.07. The van der Waals surface area contributed by atoms with Gasteiger partial charge in [-0.15, -0.1) is 0 Å². The van der Waals surface area contributed by atoms with Gasteiger partial charge in [0.25, 0.3) is 5.69 Å². The smallest absolute Gasteiger partial charge is 0.293 e. The average Bonchev–Trinajstić information content (AvgIpc) is 2.33. The molecule has 0 heterocycles. The molecule has 1 unspecified atom stereocenters. The molecule has 0 aromatic heterocycles. The molecule has 0 fully saturated rings. The molecule has 4 nitrogen and oxygen atoms in total. The second kappa shape index (κ2) is 7.69. The summed E-state index contributed by atoms with van der Waals surface area (Å²) in [5.41, 5.74) is 0.1000. The summed E-state index contributed by atoms with van der Waals surface area (Å²) < 4.78 is 13.6. The van der Waals surface area contributed by atoms with Crippen LogP contribution in [0.3, 0.4) is 0 Å². The molecule has 19 heavy (non-hydrogen) atoms. The van der Waals surface area contributed by atoms with E-state index in [1.807, 2.05) is 18.7 Å². The predicted octanol–water partition coefficient (Wildman–Crippen LogP) is 4.44. The van der Waals surface area contributed by atoms with E-state index in [-0.39, 0.29) is 21.9 Å². The summed E-state index contributed by atoms with van der Waals surface area (Å²) in [4.78, 5) is 10.4. The number of nitro benzene ring substituents is 1. The highest BCUT2D eigenvalue weighted by molar-refractivity contribution is 9.10. The number of rotatable bonds is 7. The van der Waals surface area contributed by atoms with E-state index in [4.69, 9.17) is 0 Å². The molecule has 0 aliphatic rings. The highest BCUT2D eigenvalue weighted by atomic mass is 79.9. The number of nitrogens with one attached hydrogen (secondary N) is 1. The van der Waals surface area contributed by atoms with Crippen molar-refractivity contribution >= 4 is 39.1 Å². The van der Waals surface area contributed by atoms with Gasteiger partial charge in [0, 0.05) is 18.2 Å². The Morgan fingerprint density at radius 1 is 1.58 bits per heavy atom. The third kappa shape index (κ3) is 4.99. The van der Waals surface area contributed by atoms with Crippen LogP contribution in [0.15, 0.2) is 16.6 Å². The number of hydrogen-bond acceptors (Lipinski definition) is 4. The van der Waals surface area contributed by atoms with Crippen molar-refractivity contribution in [2.45, 2.75) is 26.3 Å². The highest BCUT2D eigenvalue weighted by Gasteiger charge is 2.18. The normalized spacial score (nSPS) is 12.2. The molecule has 1 N–H and O–H groups in total. The average molecular weight is 351 g/mol. The van der Waals surface area contributed by atoms with Crippen LogP contribution in [0.2, 0.25) is 0 Å². The van der Waals surface area contributed by atoms with E-state index in [0.29, 0.717) is 0 Å². The van der Waals surface area contributed by atoms with E-state index in [1.165, 1.54) is 6.07 Å². The molecule has 0 aliphatic carbocycles. The third-order valence-electron chi connectivity index (χ3n) is 2.54. The van der Waals surface area contributed by atoms with Gasteiger partial charge in [-0.1, -0.05) is 6.92 Å². The Kier molecular flexibility index (Phi) is 6.57. The molecular weight excluding hydrogens is 335 g/mol. The SMILES string of the molecule is CCSCCC(C)Nc1cc(F)c(Br)cc1[N+](=O)[O-]. The first-order valence-corrected chi connectivity index (χ1v) is 7.88. The number of halogens is 2. The number of nitrogens with zero attached hydrogens (tertiary/aromatic N) is 1. The maximum atomic E-state index is 13.5. The minimum atomic E-state index is -0.514. The molecule has 0 radical (unpaired) electrons. The number of anilines is 1. The molecule has 1 aromatic carbocycles. The zero-order valence-corrected chi connectivity index (χ0v) is 13.2. The third-order valence-corrected chi connectivity index (χ3v) is 4.08. The Morgan fingerprint density at radius 2 is 2.26 bits per heavy atom. The highest BCUT2D eigenvalue weighted by Crippen LogP contribution is 2.31. The fourth-order valence-corrected chi connectivity index (χ4v) is 2.69. The summed E-state index contributed by atoms with van der Waals surface area (Å²) in [6, 6.07) is 2.40. The van der Waals surface area contributed by atoms with Crippen LogP contribution in [0.1, 0.15) is 20.3 Å². The zero-order chi connectivity index (χ0) is 14.4. The second-order valence-corrected chi connectivity index (χ2v) is 6.32. The van der Waals surface area contributed by atoms with Gasteiger partial charge in [-0.3, -0.25) is 10.1 Å². The Labute approximate surface area is 124 Å². The molecule has 1 rings (SSSR count). The number of thioether (sulfide) groups is 1. The van der Waals surface area contributed by atoms with Crippen molar-refractivity contribution in [1.82, 2.24) is 0 Å². The quantitative estimate of drug-likeness (QED) is 0.448. The number of nitro groups is 1. The Bertz CT molecular complexity index is 460. The first-order chi connectivity index (χ1) is 8.95. The van der Waals surface area contributed by atoms with Crippen LogP contribution in [0.25, 0.3) is 0 Å². The van der Waals surface area contributed by atoms with E-state index >= 15 is 0 Å². The molecule has 0 aliphatic heterocycles. The Hall–Kier alpha value is -0.820. The van der Waals surface area contributed by atoms with Gasteiger partial charge in [-0.05, 0) is 40.8 Å². The maximum Gasteiger partial charge on any atom is 0.293 e. The van der Waals surface area contributed by atoms with Gasteiger partial charge in [0.2, 0.25) is 0 Å². The van der Waals surface area contributed by atoms with Crippen molar-refractivity contribution in [3.63, 3.8) is 0 Å². The molecule has 0 spiro atoms. The van der Waals surface area contributed by atoms with Gasteiger partial charge in [-0.2, -0.15) is 11.8 Å². The summed E-state index contributed by atoms with van der Waals surface area (Å²) in [6.07, 6.45) is 0.868. The standard InChI is InChI=1S/C12H16BrFN2O2S/c1-3-19-5-4-8(2)15-11-7-10(14)9(13)6-12(11)16(17)18/h6-8,15H,3-5H2,1-2H3. The first-order valence-electron chi connectivity index (χ1n) is 5.93. The molecule has 0 amide bonds. The minimum absolute atomic E-state index is 0.0540. The summed E-state index contributed by atoms with van der Waals surface area (Å²) in [6.45, 7) is 4.01. The van der Waals surface area contributed by atoms with Gasteiger partial charge in [0.15, 0.2) is 0 Å². The van der Waals surface area contributed by atoms with Crippen molar-refractivity contribution in [3.05, 3.63) is 32.5 Å². The van der Waals surface area contributed by atoms with E-state index in [0.717, 1.165) is 24.0 Å². The van der Waals surface area contributed by atoms with E-state index in [1.54, 1.807) is 0 Å². The molecule has 0 saturated heterocycles. The summed E-state index contributed by atoms with van der Waals surface area (Å²) >= 11 is 4.76. The minimum Gasteiger partial charge on any atom is -0.377 e. The van der Waals surface area contributed by atoms with Crippen molar-refractivity contribution in [1.29, 1.82) is 0 Å². The molecule has 106 valence electrons. The summed E-state index contributed by atoms with van der Waals surface area (Å²) in [5.74, 6) is 1.50. The van der Waals surface area contributed by atoms with Crippen LogP contribution in [0.5, 0.6) is 0 Å². The summed E-state index contributed by atoms with van der Waals surface area (Å²) in [5, 5.41) is 13.9. The van der Waals surface area contributed by atoms with Crippen molar-refractivity contribution in [2.75, 3.05) is 16.8 Å². The molecule has 1 aromatic rings. The lowest BCUT2D eigenvalue weighted by Gasteiger charge is -2.15.